The molecule has 0 unspecified atom stereocenters. The standard InChI is InChI=1S/C24H23BrN2O2S/c1-16-20(24(29)27-14-8-3-9-15-27)23(30-21(16)17-10-4-2-5-11-17)26-22(28)18-12-6-7-13-19(18)25/h2,4-7,10-13H,3,8-9,14-15H2,1H3,(H,26,28). The van der Waals surface area contributed by atoms with Crippen LogP contribution in [0.1, 0.15) is 45.5 Å². The average Bonchev–Trinajstić information content (AvgIpc) is 3.10. The Labute approximate surface area is 189 Å². The molecule has 0 radical (unpaired) electrons. The first kappa shape index (κ1) is 20.8. The fourth-order valence-electron chi connectivity index (χ4n) is 3.79. The molecule has 0 aliphatic carbocycles. The van der Waals surface area contributed by atoms with Gasteiger partial charge in [-0.15, -0.1) is 11.3 Å². The number of piperidine rings is 1. The van der Waals surface area contributed by atoms with E-state index in [0.717, 1.165) is 52.8 Å². The predicted octanol–water partition coefficient (Wildman–Crippen LogP) is 6.36. The molecule has 6 heteroatoms. The second-order valence-electron chi connectivity index (χ2n) is 7.41. The highest BCUT2D eigenvalue weighted by molar-refractivity contribution is 9.10. The molecule has 30 heavy (non-hydrogen) atoms. The highest BCUT2D eigenvalue weighted by Gasteiger charge is 2.28. The van der Waals surface area contributed by atoms with E-state index in [1.165, 1.54) is 11.3 Å². The van der Waals surface area contributed by atoms with Gasteiger partial charge in [0.1, 0.15) is 5.00 Å². The minimum absolute atomic E-state index is 0.00746. The average molecular weight is 483 g/mol. The van der Waals surface area contributed by atoms with E-state index < -0.39 is 0 Å². The zero-order valence-corrected chi connectivity index (χ0v) is 19.2. The van der Waals surface area contributed by atoms with Crippen LogP contribution in [0.4, 0.5) is 5.00 Å². The molecule has 0 spiro atoms. The third-order valence-electron chi connectivity index (χ3n) is 5.39. The Morgan fingerprint density at radius 3 is 2.33 bits per heavy atom. The molecular weight excluding hydrogens is 460 g/mol. The summed E-state index contributed by atoms with van der Waals surface area (Å²) < 4.78 is 0.725. The molecule has 1 aliphatic heterocycles. The smallest absolute Gasteiger partial charge is 0.257 e. The Morgan fingerprint density at radius 2 is 1.63 bits per heavy atom. The van der Waals surface area contributed by atoms with Gasteiger partial charge >= 0.3 is 0 Å². The van der Waals surface area contributed by atoms with Gasteiger partial charge in [0, 0.05) is 22.4 Å². The molecule has 1 aromatic heterocycles. The van der Waals surface area contributed by atoms with Crippen molar-refractivity contribution in [1.82, 2.24) is 4.90 Å². The van der Waals surface area contributed by atoms with Crippen LogP contribution in [0.3, 0.4) is 0 Å². The fourth-order valence-corrected chi connectivity index (χ4v) is 5.46. The monoisotopic (exact) mass is 482 g/mol. The number of rotatable bonds is 4. The second-order valence-corrected chi connectivity index (χ2v) is 9.29. The first-order valence-electron chi connectivity index (χ1n) is 10.1. The van der Waals surface area contributed by atoms with Gasteiger partial charge in [0.25, 0.3) is 11.8 Å². The van der Waals surface area contributed by atoms with Crippen LogP contribution in [-0.4, -0.2) is 29.8 Å². The van der Waals surface area contributed by atoms with Gasteiger partial charge in [-0.25, -0.2) is 0 Å². The van der Waals surface area contributed by atoms with E-state index in [9.17, 15) is 9.59 Å². The molecule has 1 fully saturated rings. The summed E-state index contributed by atoms with van der Waals surface area (Å²) in [6.45, 7) is 3.52. The molecule has 1 saturated heterocycles. The Kier molecular flexibility index (Phi) is 6.35. The third-order valence-corrected chi connectivity index (χ3v) is 7.33. The minimum Gasteiger partial charge on any atom is -0.339 e. The van der Waals surface area contributed by atoms with Crippen molar-refractivity contribution in [2.75, 3.05) is 18.4 Å². The number of nitrogens with zero attached hydrogens (tertiary/aromatic N) is 1. The molecule has 1 N–H and O–H groups in total. The summed E-state index contributed by atoms with van der Waals surface area (Å²) >= 11 is 4.91. The third kappa shape index (κ3) is 4.20. The molecule has 3 aromatic rings. The number of hydrogen-bond donors (Lipinski definition) is 1. The lowest BCUT2D eigenvalue weighted by Gasteiger charge is -2.27. The zero-order valence-electron chi connectivity index (χ0n) is 16.8. The number of benzene rings is 2. The summed E-state index contributed by atoms with van der Waals surface area (Å²) in [6, 6.07) is 17.3. The van der Waals surface area contributed by atoms with E-state index >= 15 is 0 Å². The van der Waals surface area contributed by atoms with Crippen LogP contribution in [-0.2, 0) is 0 Å². The molecule has 2 amide bonds. The lowest BCUT2D eigenvalue weighted by atomic mass is 10.0. The number of carbonyl (C=O) groups is 2. The number of nitrogens with one attached hydrogen (secondary N) is 1. The number of carbonyl (C=O) groups excluding carboxylic acids is 2. The number of halogens is 1. The van der Waals surface area contributed by atoms with E-state index in [0.29, 0.717) is 16.1 Å². The van der Waals surface area contributed by atoms with E-state index in [1.807, 2.05) is 60.4 Å². The summed E-state index contributed by atoms with van der Waals surface area (Å²) in [7, 11) is 0. The molecule has 2 heterocycles. The fraction of sp³-hybridized carbons (Fsp3) is 0.250. The van der Waals surface area contributed by atoms with Crippen molar-refractivity contribution < 1.29 is 9.59 Å². The maximum absolute atomic E-state index is 13.4. The van der Waals surface area contributed by atoms with Crippen LogP contribution >= 0.6 is 27.3 Å². The van der Waals surface area contributed by atoms with Crippen LogP contribution in [0, 0.1) is 6.92 Å². The Bertz CT molecular complexity index is 1070. The van der Waals surface area contributed by atoms with Gasteiger partial charge in [-0.05, 0) is 65.4 Å². The van der Waals surface area contributed by atoms with Gasteiger partial charge in [-0.3, -0.25) is 9.59 Å². The molecular formula is C24H23BrN2O2S. The van der Waals surface area contributed by atoms with Crippen molar-refractivity contribution >= 4 is 44.1 Å². The molecule has 4 nitrogen and oxygen atoms in total. The molecule has 4 rings (SSSR count). The summed E-state index contributed by atoms with van der Waals surface area (Å²) in [5.41, 5.74) is 3.13. The molecule has 0 saturated carbocycles. The highest BCUT2D eigenvalue weighted by Crippen LogP contribution is 2.41. The molecule has 154 valence electrons. The SMILES string of the molecule is Cc1c(-c2ccccc2)sc(NC(=O)c2ccccc2Br)c1C(=O)N1CCCCC1. The minimum atomic E-state index is -0.226. The Hall–Kier alpha value is -2.44. The summed E-state index contributed by atoms with van der Waals surface area (Å²) in [4.78, 5) is 29.4. The summed E-state index contributed by atoms with van der Waals surface area (Å²) in [5.74, 6) is -0.218. The predicted molar refractivity (Wildman–Crippen MR) is 126 cm³/mol. The van der Waals surface area contributed by atoms with Gasteiger partial charge < -0.3 is 10.2 Å². The van der Waals surface area contributed by atoms with E-state index in [1.54, 1.807) is 6.07 Å². The van der Waals surface area contributed by atoms with Gasteiger partial charge in [0.2, 0.25) is 0 Å². The Morgan fingerprint density at radius 1 is 0.967 bits per heavy atom. The maximum Gasteiger partial charge on any atom is 0.257 e. The van der Waals surface area contributed by atoms with Crippen LogP contribution < -0.4 is 5.32 Å². The topological polar surface area (TPSA) is 49.4 Å². The number of amides is 2. The van der Waals surface area contributed by atoms with E-state index in [2.05, 4.69) is 21.2 Å². The quantitative estimate of drug-likeness (QED) is 0.469. The Balaban J connectivity index is 1.75. The van der Waals surface area contributed by atoms with Crippen molar-refractivity contribution in [2.45, 2.75) is 26.2 Å². The van der Waals surface area contributed by atoms with E-state index in [-0.39, 0.29) is 11.8 Å². The van der Waals surface area contributed by atoms with Crippen molar-refractivity contribution in [3.05, 3.63) is 75.8 Å². The number of hydrogen-bond acceptors (Lipinski definition) is 3. The normalized spacial score (nSPS) is 13.9. The van der Waals surface area contributed by atoms with Crippen LogP contribution in [0.25, 0.3) is 10.4 Å². The van der Waals surface area contributed by atoms with E-state index in [4.69, 9.17) is 0 Å². The van der Waals surface area contributed by atoms with Gasteiger partial charge in [-0.1, -0.05) is 42.5 Å². The number of anilines is 1. The zero-order chi connectivity index (χ0) is 21.1. The summed E-state index contributed by atoms with van der Waals surface area (Å²) in [5, 5.41) is 3.63. The molecule has 1 aliphatic rings. The first-order chi connectivity index (χ1) is 14.6. The number of thiophene rings is 1. The number of likely N-dealkylation sites (tertiary alicyclic amines) is 1. The lowest BCUT2D eigenvalue weighted by Crippen LogP contribution is -2.36. The molecule has 2 aromatic carbocycles. The van der Waals surface area contributed by atoms with Gasteiger partial charge in [0.05, 0.1) is 11.1 Å². The van der Waals surface area contributed by atoms with Crippen molar-refractivity contribution in [2.24, 2.45) is 0 Å². The summed E-state index contributed by atoms with van der Waals surface area (Å²) in [6.07, 6.45) is 3.21. The van der Waals surface area contributed by atoms with Crippen LogP contribution in [0.2, 0.25) is 0 Å². The molecule has 0 bridgehead atoms. The molecule has 0 atom stereocenters. The van der Waals surface area contributed by atoms with Crippen molar-refractivity contribution in [3.8, 4) is 10.4 Å². The maximum atomic E-state index is 13.4. The van der Waals surface area contributed by atoms with Crippen LogP contribution in [0.15, 0.2) is 59.1 Å². The van der Waals surface area contributed by atoms with Crippen LogP contribution in [0.5, 0.6) is 0 Å². The second kappa shape index (κ2) is 9.14. The van der Waals surface area contributed by atoms with Crippen molar-refractivity contribution in [1.29, 1.82) is 0 Å². The van der Waals surface area contributed by atoms with Crippen molar-refractivity contribution in [3.63, 3.8) is 0 Å². The first-order valence-corrected chi connectivity index (χ1v) is 11.7. The highest BCUT2D eigenvalue weighted by atomic mass is 79.9. The van der Waals surface area contributed by atoms with Gasteiger partial charge in [0.15, 0.2) is 0 Å². The van der Waals surface area contributed by atoms with Gasteiger partial charge in [-0.2, -0.15) is 0 Å². The largest absolute Gasteiger partial charge is 0.339 e. The lowest BCUT2D eigenvalue weighted by molar-refractivity contribution is 0.0725.